The van der Waals surface area contributed by atoms with Crippen LogP contribution in [0.15, 0.2) is 23.1 Å². The number of hydrogen-bond acceptors (Lipinski definition) is 5. The third kappa shape index (κ3) is 3.20. The molecular weight excluding hydrogens is 290 g/mol. The van der Waals surface area contributed by atoms with Crippen LogP contribution in [0.25, 0.3) is 0 Å². The number of amides is 2. The summed E-state index contributed by atoms with van der Waals surface area (Å²) in [6.45, 7) is 3.16. The van der Waals surface area contributed by atoms with E-state index in [4.69, 9.17) is 4.74 Å². The Labute approximate surface area is 127 Å². The van der Waals surface area contributed by atoms with Crippen molar-refractivity contribution in [2.45, 2.75) is 24.0 Å². The van der Waals surface area contributed by atoms with E-state index in [1.165, 1.54) is 11.8 Å². The first kappa shape index (κ1) is 14.4. The second-order valence-electron chi connectivity index (χ2n) is 5.04. The molecule has 112 valence electrons. The number of hydrogen-bond donors (Lipinski definition) is 3. The third-order valence-corrected chi connectivity index (χ3v) is 4.55. The van der Waals surface area contributed by atoms with Crippen molar-refractivity contribution in [2.75, 3.05) is 29.5 Å². The number of ether oxygens (including phenoxy) is 1. The molecule has 21 heavy (non-hydrogen) atoms. The lowest BCUT2D eigenvalue weighted by Gasteiger charge is -2.29. The number of fused-ring (bicyclic) bond motifs is 1. The summed E-state index contributed by atoms with van der Waals surface area (Å²) in [6.07, 6.45) is -0.161. The van der Waals surface area contributed by atoms with E-state index in [9.17, 15) is 9.59 Å². The molecule has 0 bridgehead atoms. The minimum absolute atomic E-state index is 0.0213. The molecule has 0 aromatic heterocycles. The molecule has 3 N–H and O–H groups in total. The Balaban J connectivity index is 1.71. The maximum absolute atomic E-state index is 12.3. The molecule has 0 saturated carbocycles. The van der Waals surface area contributed by atoms with Crippen LogP contribution in [0.3, 0.4) is 0 Å². The van der Waals surface area contributed by atoms with Crippen LogP contribution in [-0.2, 0) is 14.3 Å². The van der Waals surface area contributed by atoms with Crippen LogP contribution >= 0.6 is 11.8 Å². The van der Waals surface area contributed by atoms with Gasteiger partial charge in [-0.15, -0.1) is 11.8 Å². The topological polar surface area (TPSA) is 79.5 Å². The van der Waals surface area contributed by atoms with Gasteiger partial charge in [0.1, 0.15) is 6.04 Å². The summed E-state index contributed by atoms with van der Waals surface area (Å²) in [5.74, 6) is 0.281. The van der Waals surface area contributed by atoms with Gasteiger partial charge in [0, 0.05) is 17.1 Å². The van der Waals surface area contributed by atoms with Crippen molar-refractivity contribution in [1.29, 1.82) is 0 Å². The molecule has 2 atom stereocenters. The summed E-state index contributed by atoms with van der Waals surface area (Å²) in [4.78, 5) is 24.7. The Kier molecular flexibility index (Phi) is 4.14. The van der Waals surface area contributed by atoms with Gasteiger partial charge in [-0.3, -0.25) is 9.59 Å². The van der Waals surface area contributed by atoms with Crippen LogP contribution in [0.2, 0.25) is 0 Å². The van der Waals surface area contributed by atoms with Gasteiger partial charge in [0.2, 0.25) is 11.8 Å². The summed E-state index contributed by atoms with van der Waals surface area (Å²) in [5, 5.41) is 8.82. The molecular formula is C14H17N3O3S. The van der Waals surface area contributed by atoms with Crippen molar-refractivity contribution in [3.8, 4) is 0 Å². The first-order valence-corrected chi connectivity index (χ1v) is 7.84. The summed E-state index contributed by atoms with van der Waals surface area (Å²) in [7, 11) is 0. The van der Waals surface area contributed by atoms with Gasteiger partial charge in [0.05, 0.1) is 24.2 Å². The van der Waals surface area contributed by atoms with Crippen molar-refractivity contribution < 1.29 is 14.3 Å². The van der Waals surface area contributed by atoms with Crippen LogP contribution in [0, 0.1) is 0 Å². The lowest BCUT2D eigenvalue weighted by atomic mass is 10.1. The van der Waals surface area contributed by atoms with Crippen molar-refractivity contribution in [2.24, 2.45) is 0 Å². The summed E-state index contributed by atoms with van der Waals surface area (Å²) in [5.41, 5.74) is 1.41. The molecule has 0 spiro atoms. The lowest BCUT2D eigenvalue weighted by Crippen LogP contribution is -2.53. The van der Waals surface area contributed by atoms with E-state index in [1.807, 2.05) is 19.1 Å². The number of anilines is 2. The third-order valence-electron chi connectivity index (χ3n) is 3.48. The van der Waals surface area contributed by atoms with E-state index in [0.29, 0.717) is 24.6 Å². The predicted molar refractivity (Wildman–Crippen MR) is 81.6 cm³/mol. The molecule has 2 amide bonds. The number of nitrogens with one attached hydrogen (secondary N) is 3. The van der Waals surface area contributed by atoms with Gasteiger partial charge in [-0.1, -0.05) is 0 Å². The first-order chi connectivity index (χ1) is 10.1. The molecule has 2 aliphatic rings. The molecule has 1 aromatic carbocycles. The molecule has 1 fully saturated rings. The van der Waals surface area contributed by atoms with Crippen molar-refractivity contribution in [3.63, 3.8) is 0 Å². The number of benzene rings is 1. The Bertz CT molecular complexity index is 579. The Hall–Kier alpha value is -1.57. The van der Waals surface area contributed by atoms with Gasteiger partial charge in [0.25, 0.3) is 0 Å². The van der Waals surface area contributed by atoms with Gasteiger partial charge in [0.15, 0.2) is 0 Å². The zero-order valence-corrected chi connectivity index (χ0v) is 12.5. The molecule has 0 radical (unpaired) electrons. The zero-order chi connectivity index (χ0) is 14.8. The number of thioether (sulfide) groups is 1. The molecule has 1 aromatic rings. The van der Waals surface area contributed by atoms with Crippen LogP contribution in [0.5, 0.6) is 0 Å². The van der Waals surface area contributed by atoms with Gasteiger partial charge in [-0.25, -0.2) is 0 Å². The highest BCUT2D eigenvalue weighted by Crippen LogP contribution is 2.33. The second-order valence-corrected chi connectivity index (χ2v) is 6.06. The molecule has 0 aliphatic carbocycles. The Morgan fingerprint density at radius 3 is 3.14 bits per heavy atom. The highest BCUT2D eigenvalue weighted by molar-refractivity contribution is 8.00. The van der Waals surface area contributed by atoms with Crippen molar-refractivity contribution in [1.82, 2.24) is 5.32 Å². The fourth-order valence-corrected chi connectivity index (χ4v) is 3.20. The van der Waals surface area contributed by atoms with E-state index in [-0.39, 0.29) is 24.0 Å². The standard InChI is InChI=1S/C14H17N3O3S/c1-8-13(15-4-5-20-8)14(19)16-9-2-3-11-10(6-9)17-12(18)7-21-11/h2-3,6,8,13,15H,4-5,7H2,1H3,(H,16,19)(H,17,18)/t8-,13+/m1/s1. The highest BCUT2D eigenvalue weighted by atomic mass is 32.2. The van der Waals surface area contributed by atoms with Crippen LogP contribution in [0.4, 0.5) is 11.4 Å². The molecule has 2 heterocycles. The van der Waals surface area contributed by atoms with E-state index in [2.05, 4.69) is 16.0 Å². The number of carbonyl (C=O) groups is 2. The minimum atomic E-state index is -0.362. The first-order valence-electron chi connectivity index (χ1n) is 6.86. The van der Waals surface area contributed by atoms with E-state index < -0.39 is 0 Å². The number of morpholine rings is 1. The summed E-state index contributed by atoms with van der Waals surface area (Å²) in [6, 6.07) is 5.17. The molecule has 2 aliphatic heterocycles. The maximum atomic E-state index is 12.3. The fourth-order valence-electron chi connectivity index (χ4n) is 2.41. The van der Waals surface area contributed by atoms with Crippen LogP contribution < -0.4 is 16.0 Å². The summed E-state index contributed by atoms with van der Waals surface area (Å²) >= 11 is 1.50. The van der Waals surface area contributed by atoms with Crippen molar-refractivity contribution in [3.05, 3.63) is 18.2 Å². The number of rotatable bonds is 2. The predicted octanol–water partition coefficient (Wildman–Crippen LogP) is 1.05. The van der Waals surface area contributed by atoms with Gasteiger partial charge in [-0.2, -0.15) is 0 Å². The normalized spacial score (nSPS) is 24.9. The quantitative estimate of drug-likeness (QED) is 0.761. The smallest absolute Gasteiger partial charge is 0.244 e. The average molecular weight is 307 g/mol. The minimum Gasteiger partial charge on any atom is -0.375 e. The highest BCUT2D eigenvalue weighted by Gasteiger charge is 2.28. The fraction of sp³-hybridized carbons (Fsp3) is 0.429. The SMILES string of the molecule is C[C@H]1OCCN[C@@H]1C(=O)Nc1ccc2c(c1)NC(=O)CS2. The maximum Gasteiger partial charge on any atom is 0.244 e. The monoisotopic (exact) mass is 307 g/mol. The van der Waals surface area contributed by atoms with Crippen LogP contribution in [0.1, 0.15) is 6.92 Å². The lowest BCUT2D eigenvalue weighted by molar-refractivity contribution is -0.123. The Morgan fingerprint density at radius 1 is 1.48 bits per heavy atom. The molecule has 0 unspecified atom stereocenters. The van der Waals surface area contributed by atoms with E-state index >= 15 is 0 Å². The number of carbonyl (C=O) groups excluding carboxylic acids is 2. The van der Waals surface area contributed by atoms with Crippen LogP contribution in [-0.4, -0.2) is 42.9 Å². The second kappa shape index (κ2) is 6.05. The van der Waals surface area contributed by atoms with E-state index in [0.717, 1.165) is 10.6 Å². The molecule has 1 saturated heterocycles. The largest absolute Gasteiger partial charge is 0.375 e. The zero-order valence-electron chi connectivity index (χ0n) is 11.6. The van der Waals surface area contributed by atoms with Gasteiger partial charge < -0.3 is 20.7 Å². The Morgan fingerprint density at radius 2 is 2.33 bits per heavy atom. The molecule has 7 heteroatoms. The molecule has 3 rings (SSSR count). The molecule has 6 nitrogen and oxygen atoms in total. The van der Waals surface area contributed by atoms with Gasteiger partial charge in [-0.05, 0) is 25.1 Å². The average Bonchev–Trinajstić information content (AvgIpc) is 2.47. The van der Waals surface area contributed by atoms with E-state index in [1.54, 1.807) is 6.07 Å². The van der Waals surface area contributed by atoms with Crippen molar-refractivity contribution >= 4 is 35.0 Å². The summed E-state index contributed by atoms with van der Waals surface area (Å²) < 4.78 is 5.47. The van der Waals surface area contributed by atoms with Gasteiger partial charge >= 0.3 is 0 Å².